The van der Waals surface area contributed by atoms with Gasteiger partial charge >= 0.3 is 0 Å². The van der Waals surface area contributed by atoms with Gasteiger partial charge in [0.1, 0.15) is 36.9 Å². The van der Waals surface area contributed by atoms with Crippen molar-refractivity contribution >= 4 is 0 Å². The van der Waals surface area contributed by atoms with Gasteiger partial charge in [-0.2, -0.15) is 0 Å². The third-order valence-corrected chi connectivity index (χ3v) is 7.93. The molecule has 4 atom stereocenters. The maximum Gasteiger partial charge on any atom is 0.119 e. The van der Waals surface area contributed by atoms with Crippen LogP contribution in [-0.4, -0.2) is 84.7 Å². The topological polar surface area (TPSA) is 65.4 Å². The van der Waals surface area contributed by atoms with Crippen molar-refractivity contribution in [2.45, 2.75) is 49.7 Å². The number of nitrogens with zero attached hydrogens (tertiary/aromatic N) is 2. The minimum absolute atomic E-state index is 0.289. The molecule has 0 spiro atoms. The third kappa shape index (κ3) is 7.70. The van der Waals surface area contributed by atoms with Crippen LogP contribution in [0.4, 0.5) is 0 Å². The Kier molecular flexibility index (Phi) is 9.52. The zero-order valence-corrected chi connectivity index (χ0v) is 22.3. The molecule has 1 fully saturated rings. The second-order valence-corrected chi connectivity index (χ2v) is 10.9. The molecule has 2 aromatic rings. The number of piperazine rings is 1. The van der Waals surface area contributed by atoms with Gasteiger partial charge in [0.15, 0.2) is 0 Å². The number of hydrogen-bond acceptors (Lipinski definition) is 6. The SMILES string of the molecule is O[C@@H](COc1ccc([C@@H]2C=CCC2)cc1)CN1CCN(C[C@@H](O)COc2ccc([C@@H]3C=CCC3)cc2)CC1. The molecule has 0 aromatic heterocycles. The number of allylic oxidation sites excluding steroid dienone is 4. The first-order valence-electron chi connectivity index (χ1n) is 14.2. The first kappa shape index (κ1) is 26.9. The Bertz CT molecular complexity index is 959. The van der Waals surface area contributed by atoms with E-state index in [-0.39, 0.29) is 13.2 Å². The lowest BCUT2D eigenvalue weighted by Crippen LogP contribution is -2.51. The number of aliphatic hydroxyl groups excluding tert-OH is 2. The number of ether oxygens (including phenoxy) is 2. The van der Waals surface area contributed by atoms with E-state index in [0.717, 1.165) is 50.5 Å². The minimum atomic E-state index is -0.533. The Hall–Kier alpha value is -2.64. The molecule has 1 aliphatic heterocycles. The van der Waals surface area contributed by atoms with Gasteiger partial charge in [0.2, 0.25) is 0 Å². The normalized spacial score (nSPS) is 23.5. The monoisotopic (exact) mass is 518 g/mol. The van der Waals surface area contributed by atoms with Crippen LogP contribution in [0.3, 0.4) is 0 Å². The summed E-state index contributed by atoms with van der Waals surface area (Å²) in [4.78, 5) is 4.54. The Morgan fingerprint density at radius 1 is 0.632 bits per heavy atom. The van der Waals surface area contributed by atoms with Crippen LogP contribution >= 0.6 is 0 Å². The van der Waals surface area contributed by atoms with Gasteiger partial charge in [0.25, 0.3) is 0 Å². The molecule has 2 N–H and O–H groups in total. The van der Waals surface area contributed by atoms with E-state index in [0.29, 0.717) is 24.9 Å². The van der Waals surface area contributed by atoms with Crippen LogP contribution in [0.2, 0.25) is 0 Å². The van der Waals surface area contributed by atoms with Gasteiger partial charge < -0.3 is 19.7 Å². The maximum absolute atomic E-state index is 10.5. The first-order valence-corrected chi connectivity index (χ1v) is 14.2. The molecular weight excluding hydrogens is 476 g/mol. The Balaban J connectivity index is 0.952. The predicted molar refractivity (Wildman–Crippen MR) is 151 cm³/mol. The van der Waals surface area contributed by atoms with E-state index in [4.69, 9.17) is 9.47 Å². The number of benzene rings is 2. The molecule has 2 aromatic carbocycles. The van der Waals surface area contributed by atoms with Crippen LogP contribution in [0.1, 0.15) is 48.6 Å². The molecule has 1 heterocycles. The van der Waals surface area contributed by atoms with Crippen molar-refractivity contribution in [3.05, 3.63) is 84.0 Å². The fourth-order valence-electron chi connectivity index (χ4n) is 5.68. The highest BCUT2D eigenvalue weighted by Crippen LogP contribution is 2.30. The fraction of sp³-hybridized carbons (Fsp3) is 0.500. The summed E-state index contributed by atoms with van der Waals surface area (Å²) < 4.78 is 11.7. The number of rotatable bonds is 12. The average molecular weight is 519 g/mol. The largest absolute Gasteiger partial charge is 0.491 e. The van der Waals surface area contributed by atoms with Gasteiger partial charge in [0.05, 0.1) is 0 Å². The Morgan fingerprint density at radius 2 is 1.03 bits per heavy atom. The van der Waals surface area contributed by atoms with E-state index in [2.05, 4.69) is 58.4 Å². The van der Waals surface area contributed by atoms with Crippen molar-refractivity contribution in [1.29, 1.82) is 0 Å². The van der Waals surface area contributed by atoms with Crippen molar-refractivity contribution in [2.75, 3.05) is 52.5 Å². The minimum Gasteiger partial charge on any atom is -0.491 e. The molecule has 0 amide bonds. The first-order chi connectivity index (χ1) is 18.6. The van der Waals surface area contributed by atoms with Crippen molar-refractivity contribution in [1.82, 2.24) is 9.80 Å². The van der Waals surface area contributed by atoms with E-state index in [1.807, 2.05) is 24.3 Å². The van der Waals surface area contributed by atoms with Crippen LogP contribution < -0.4 is 9.47 Å². The van der Waals surface area contributed by atoms with Crippen LogP contribution in [0.25, 0.3) is 0 Å². The van der Waals surface area contributed by atoms with Crippen molar-refractivity contribution in [2.24, 2.45) is 0 Å². The van der Waals surface area contributed by atoms with Crippen LogP contribution in [0.5, 0.6) is 11.5 Å². The summed E-state index contributed by atoms with van der Waals surface area (Å²) in [7, 11) is 0. The summed E-state index contributed by atoms with van der Waals surface area (Å²) in [6, 6.07) is 16.5. The van der Waals surface area contributed by atoms with Crippen molar-refractivity contribution in [3.8, 4) is 11.5 Å². The second-order valence-electron chi connectivity index (χ2n) is 10.9. The molecule has 0 saturated carbocycles. The summed E-state index contributed by atoms with van der Waals surface area (Å²) in [6.07, 6.45) is 12.7. The zero-order chi connectivity index (χ0) is 26.2. The molecule has 0 bridgehead atoms. The van der Waals surface area contributed by atoms with Crippen LogP contribution in [0, 0.1) is 0 Å². The van der Waals surface area contributed by atoms with Gasteiger partial charge in [-0.3, -0.25) is 9.80 Å². The van der Waals surface area contributed by atoms with Gasteiger partial charge in [-0.05, 0) is 61.1 Å². The number of β-amino-alcohol motifs (C(OH)–C–C–N with tert-alkyl or cyclic N) is 2. The molecule has 204 valence electrons. The van der Waals surface area contributed by atoms with Gasteiger partial charge in [-0.15, -0.1) is 0 Å². The highest BCUT2D eigenvalue weighted by atomic mass is 16.5. The summed E-state index contributed by atoms with van der Waals surface area (Å²) >= 11 is 0. The van der Waals surface area contributed by atoms with Gasteiger partial charge in [-0.25, -0.2) is 0 Å². The molecule has 6 nitrogen and oxygen atoms in total. The summed E-state index contributed by atoms with van der Waals surface area (Å²) in [6.45, 7) is 5.23. The van der Waals surface area contributed by atoms with Crippen LogP contribution in [0.15, 0.2) is 72.8 Å². The lowest BCUT2D eigenvalue weighted by molar-refractivity contribution is 0.0240. The van der Waals surface area contributed by atoms with E-state index >= 15 is 0 Å². The standard InChI is InChI=1S/C32H42N2O4/c35-29(23-37-31-13-9-27(10-14-31)25-5-1-2-6-25)21-33-17-19-34(20-18-33)22-30(36)24-38-32-15-11-28(12-16-32)26-7-3-4-8-26/h1,3,5,7,9-16,25-26,29-30,35-36H,2,4,6,8,17-24H2/t25-,26-,29-,30-/m1/s1. The average Bonchev–Trinajstić information content (AvgIpc) is 3.68. The molecule has 2 aliphatic carbocycles. The number of hydrogen-bond donors (Lipinski definition) is 2. The highest BCUT2D eigenvalue weighted by molar-refractivity contribution is 5.33. The quantitative estimate of drug-likeness (QED) is 0.408. The smallest absolute Gasteiger partial charge is 0.119 e. The van der Waals surface area contributed by atoms with Gasteiger partial charge in [0, 0.05) is 51.1 Å². The molecular formula is C32H42N2O4. The number of aliphatic hydroxyl groups is 2. The van der Waals surface area contributed by atoms with Crippen LogP contribution in [-0.2, 0) is 0 Å². The Morgan fingerprint density at radius 3 is 1.37 bits per heavy atom. The van der Waals surface area contributed by atoms with E-state index in [1.165, 1.54) is 24.0 Å². The Labute approximate surface area is 227 Å². The predicted octanol–water partition coefficient (Wildman–Crippen LogP) is 4.35. The van der Waals surface area contributed by atoms with E-state index in [9.17, 15) is 10.2 Å². The maximum atomic E-state index is 10.5. The van der Waals surface area contributed by atoms with Gasteiger partial charge in [-0.1, -0.05) is 48.6 Å². The lowest BCUT2D eigenvalue weighted by Gasteiger charge is -2.36. The molecule has 6 heteroatoms. The molecule has 0 unspecified atom stereocenters. The summed E-state index contributed by atoms with van der Waals surface area (Å²) in [5, 5.41) is 21.0. The van der Waals surface area contributed by atoms with E-state index < -0.39 is 12.2 Å². The molecule has 3 aliphatic rings. The molecule has 0 radical (unpaired) electrons. The third-order valence-electron chi connectivity index (χ3n) is 7.93. The van der Waals surface area contributed by atoms with Crippen molar-refractivity contribution in [3.63, 3.8) is 0 Å². The molecule has 38 heavy (non-hydrogen) atoms. The van der Waals surface area contributed by atoms with E-state index in [1.54, 1.807) is 0 Å². The zero-order valence-electron chi connectivity index (χ0n) is 22.3. The molecule has 1 saturated heterocycles. The summed E-state index contributed by atoms with van der Waals surface area (Å²) in [5.41, 5.74) is 2.65. The van der Waals surface area contributed by atoms with Crippen molar-refractivity contribution < 1.29 is 19.7 Å². The second kappa shape index (κ2) is 13.4. The fourth-order valence-corrected chi connectivity index (χ4v) is 5.68. The lowest BCUT2D eigenvalue weighted by atomic mass is 9.99. The molecule has 5 rings (SSSR count). The summed E-state index contributed by atoms with van der Waals surface area (Å²) in [5.74, 6) is 2.66. The highest BCUT2D eigenvalue weighted by Gasteiger charge is 2.22.